The van der Waals surface area contributed by atoms with Gasteiger partial charge in [-0.25, -0.2) is 0 Å². The molecule has 1 aliphatic heterocycles. The van der Waals surface area contributed by atoms with E-state index < -0.39 is 0 Å². The van der Waals surface area contributed by atoms with Crippen LogP contribution in [0.25, 0.3) is 0 Å². The van der Waals surface area contributed by atoms with Crippen molar-refractivity contribution in [2.45, 2.75) is 32.1 Å². The molecule has 0 saturated carbocycles. The van der Waals surface area contributed by atoms with Crippen LogP contribution in [0.3, 0.4) is 0 Å². The van der Waals surface area contributed by atoms with E-state index in [1.807, 2.05) is 0 Å². The lowest BCUT2D eigenvalue weighted by Crippen LogP contribution is -2.22. The number of methoxy groups -OCH3 is 1. The van der Waals surface area contributed by atoms with Crippen molar-refractivity contribution in [2.24, 2.45) is 4.99 Å². The second kappa shape index (κ2) is 6.48. The first-order valence-electron chi connectivity index (χ1n) is 7.87. The maximum absolute atomic E-state index is 5.96. The first-order chi connectivity index (χ1) is 10.3. The van der Waals surface area contributed by atoms with E-state index in [0.717, 1.165) is 36.7 Å². The van der Waals surface area contributed by atoms with Gasteiger partial charge in [0.1, 0.15) is 18.2 Å². The number of aliphatic imine (C=N–C) groups is 1. The summed E-state index contributed by atoms with van der Waals surface area (Å²) < 4.78 is 11.1. The third kappa shape index (κ3) is 3.05. The zero-order valence-corrected chi connectivity index (χ0v) is 12.9. The van der Waals surface area contributed by atoms with E-state index in [-0.39, 0.29) is 0 Å². The summed E-state index contributed by atoms with van der Waals surface area (Å²) in [6.07, 6.45) is 3.71. The smallest absolute Gasteiger partial charge is 0.132 e. The minimum absolute atomic E-state index is 0.573. The van der Waals surface area contributed by atoms with Crippen LogP contribution in [0.15, 0.2) is 17.1 Å². The van der Waals surface area contributed by atoms with Crippen LogP contribution in [0, 0.1) is 0 Å². The van der Waals surface area contributed by atoms with E-state index >= 15 is 0 Å². The molecular weight excluding hydrogens is 264 g/mol. The summed E-state index contributed by atoms with van der Waals surface area (Å²) in [5, 5.41) is 3.36. The van der Waals surface area contributed by atoms with Gasteiger partial charge in [0.2, 0.25) is 0 Å². The lowest BCUT2D eigenvalue weighted by Gasteiger charge is -2.25. The number of rotatable bonds is 5. The minimum atomic E-state index is 0.573. The molecule has 21 heavy (non-hydrogen) atoms. The van der Waals surface area contributed by atoms with Crippen LogP contribution in [0.2, 0.25) is 0 Å². The van der Waals surface area contributed by atoms with Crippen molar-refractivity contribution in [3.05, 3.63) is 28.8 Å². The number of benzene rings is 1. The standard InChI is InChI=1S/C17H24N2O2/c1-12-4-3-5-13-10-15(17-18-6-7-19-17)16(11-14(12)13)21-9-8-20-2/h10-12H,3-9H2,1-2H3,(H,18,19). The Morgan fingerprint density at radius 2 is 2.24 bits per heavy atom. The zero-order valence-electron chi connectivity index (χ0n) is 12.9. The highest BCUT2D eigenvalue weighted by atomic mass is 16.5. The molecule has 3 rings (SSSR count). The average molecular weight is 288 g/mol. The highest BCUT2D eigenvalue weighted by Crippen LogP contribution is 2.36. The van der Waals surface area contributed by atoms with Crippen LogP contribution in [0.5, 0.6) is 5.75 Å². The Labute approximate surface area is 126 Å². The molecule has 1 N–H and O–H groups in total. The summed E-state index contributed by atoms with van der Waals surface area (Å²) in [4.78, 5) is 4.56. The number of hydrogen-bond donors (Lipinski definition) is 1. The SMILES string of the molecule is COCCOc1cc2c(cc1C1=NCCN1)CCCC2C. The summed E-state index contributed by atoms with van der Waals surface area (Å²) in [7, 11) is 1.70. The van der Waals surface area contributed by atoms with E-state index in [2.05, 4.69) is 29.4 Å². The monoisotopic (exact) mass is 288 g/mol. The van der Waals surface area contributed by atoms with E-state index in [1.54, 1.807) is 7.11 Å². The zero-order chi connectivity index (χ0) is 14.7. The van der Waals surface area contributed by atoms with Gasteiger partial charge in [-0.05, 0) is 48.4 Å². The molecule has 1 aliphatic carbocycles. The van der Waals surface area contributed by atoms with Crippen LogP contribution >= 0.6 is 0 Å². The number of amidine groups is 1. The van der Waals surface area contributed by atoms with Crippen molar-refractivity contribution >= 4 is 5.84 Å². The van der Waals surface area contributed by atoms with Gasteiger partial charge in [-0.15, -0.1) is 0 Å². The van der Waals surface area contributed by atoms with Crippen LogP contribution in [0.1, 0.15) is 42.4 Å². The summed E-state index contributed by atoms with van der Waals surface area (Å²) >= 11 is 0. The van der Waals surface area contributed by atoms with Crippen molar-refractivity contribution in [3.63, 3.8) is 0 Å². The first kappa shape index (κ1) is 14.4. The molecule has 0 amide bonds. The molecule has 0 fully saturated rings. The van der Waals surface area contributed by atoms with Crippen molar-refractivity contribution in [2.75, 3.05) is 33.4 Å². The van der Waals surface area contributed by atoms with Crippen LogP contribution in [-0.2, 0) is 11.2 Å². The molecule has 0 saturated heterocycles. The number of hydrogen-bond acceptors (Lipinski definition) is 4. The normalized spacial score (nSPS) is 20.7. The molecule has 2 aliphatic rings. The predicted octanol–water partition coefficient (Wildman–Crippen LogP) is 2.50. The first-order valence-corrected chi connectivity index (χ1v) is 7.87. The van der Waals surface area contributed by atoms with Gasteiger partial charge in [-0.2, -0.15) is 0 Å². The summed E-state index contributed by atoms with van der Waals surface area (Å²) in [6, 6.07) is 4.51. The van der Waals surface area contributed by atoms with Gasteiger partial charge in [0.05, 0.1) is 18.7 Å². The largest absolute Gasteiger partial charge is 0.490 e. The van der Waals surface area contributed by atoms with Gasteiger partial charge < -0.3 is 14.8 Å². The topological polar surface area (TPSA) is 42.9 Å². The molecule has 0 aromatic heterocycles. The highest BCUT2D eigenvalue weighted by molar-refractivity contribution is 6.02. The lowest BCUT2D eigenvalue weighted by atomic mass is 9.83. The molecule has 0 radical (unpaired) electrons. The fourth-order valence-electron chi connectivity index (χ4n) is 3.19. The summed E-state index contributed by atoms with van der Waals surface area (Å²) in [6.45, 7) is 5.25. The third-order valence-electron chi connectivity index (χ3n) is 4.33. The maximum Gasteiger partial charge on any atom is 0.132 e. The molecule has 114 valence electrons. The second-order valence-corrected chi connectivity index (χ2v) is 5.84. The molecule has 0 spiro atoms. The van der Waals surface area contributed by atoms with Crippen LogP contribution in [0.4, 0.5) is 0 Å². The summed E-state index contributed by atoms with van der Waals surface area (Å²) in [5.74, 6) is 2.53. The average Bonchev–Trinajstić information content (AvgIpc) is 3.02. The van der Waals surface area contributed by atoms with Crippen LogP contribution in [-0.4, -0.2) is 39.2 Å². The molecule has 1 heterocycles. The van der Waals surface area contributed by atoms with Crippen molar-refractivity contribution in [1.29, 1.82) is 0 Å². The Balaban J connectivity index is 1.95. The molecular formula is C17H24N2O2. The predicted molar refractivity (Wildman–Crippen MR) is 84.6 cm³/mol. The van der Waals surface area contributed by atoms with E-state index in [0.29, 0.717) is 19.1 Å². The van der Waals surface area contributed by atoms with E-state index in [9.17, 15) is 0 Å². The summed E-state index contributed by atoms with van der Waals surface area (Å²) in [5.41, 5.74) is 4.01. The third-order valence-corrected chi connectivity index (χ3v) is 4.33. The Bertz CT molecular complexity index is 540. The quantitative estimate of drug-likeness (QED) is 0.847. The number of fused-ring (bicyclic) bond motifs is 1. The molecule has 1 unspecified atom stereocenters. The Morgan fingerprint density at radius 3 is 3.00 bits per heavy atom. The van der Waals surface area contributed by atoms with Gasteiger partial charge in [0, 0.05) is 13.7 Å². The molecule has 4 nitrogen and oxygen atoms in total. The number of nitrogens with zero attached hydrogens (tertiary/aromatic N) is 1. The Hall–Kier alpha value is -1.55. The second-order valence-electron chi connectivity index (χ2n) is 5.84. The van der Waals surface area contributed by atoms with Crippen molar-refractivity contribution in [1.82, 2.24) is 5.32 Å². The Kier molecular flexibility index (Phi) is 4.44. The fraction of sp³-hybridized carbons (Fsp3) is 0.588. The molecule has 1 atom stereocenters. The fourth-order valence-corrected chi connectivity index (χ4v) is 3.19. The number of nitrogens with one attached hydrogen (secondary N) is 1. The maximum atomic E-state index is 5.96. The van der Waals surface area contributed by atoms with Gasteiger partial charge in [-0.3, -0.25) is 4.99 Å². The highest BCUT2D eigenvalue weighted by Gasteiger charge is 2.22. The number of ether oxygens (including phenoxy) is 2. The lowest BCUT2D eigenvalue weighted by molar-refractivity contribution is 0.146. The minimum Gasteiger partial charge on any atom is -0.490 e. The van der Waals surface area contributed by atoms with Gasteiger partial charge in [0.25, 0.3) is 0 Å². The molecule has 0 bridgehead atoms. The molecule has 1 aromatic rings. The van der Waals surface area contributed by atoms with Crippen molar-refractivity contribution in [3.8, 4) is 5.75 Å². The molecule has 1 aromatic carbocycles. The van der Waals surface area contributed by atoms with Crippen molar-refractivity contribution < 1.29 is 9.47 Å². The van der Waals surface area contributed by atoms with Gasteiger partial charge >= 0.3 is 0 Å². The molecule has 4 heteroatoms. The van der Waals surface area contributed by atoms with E-state index in [4.69, 9.17) is 9.47 Å². The van der Waals surface area contributed by atoms with Gasteiger partial charge in [-0.1, -0.05) is 6.92 Å². The Morgan fingerprint density at radius 1 is 1.33 bits per heavy atom. The van der Waals surface area contributed by atoms with E-state index in [1.165, 1.54) is 24.0 Å². The number of aryl methyl sites for hydroxylation is 1. The van der Waals surface area contributed by atoms with Crippen LogP contribution < -0.4 is 10.1 Å². The van der Waals surface area contributed by atoms with Gasteiger partial charge in [0.15, 0.2) is 0 Å².